The summed E-state index contributed by atoms with van der Waals surface area (Å²) < 4.78 is 48.5. The highest BCUT2D eigenvalue weighted by Gasteiger charge is 2.27. The van der Waals surface area contributed by atoms with Crippen LogP contribution in [0.3, 0.4) is 0 Å². The Labute approximate surface area is 124 Å². The fourth-order valence-corrected chi connectivity index (χ4v) is 3.81. The number of hydrogen-bond acceptors (Lipinski definition) is 5. The van der Waals surface area contributed by atoms with Crippen molar-refractivity contribution < 1.29 is 26.7 Å². The van der Waals surface area contributed by atoms with E-state index in [0.717, 1.165) is 6.26 Å². The van der Waals surface area contributed by atoms with Gasteiger partial charge in [0.1, 0.15) is 15.9 Å². The minimum absolute atomic E-state index is 0.0318. The third kappa shape index (κ3) is 5.44. The van der Waals surface area contributed by atoms with Crippen LogP contribution in [0.4, 0.5) is 0 Å². The molecule has 9 heteroatoms. The molecule has 1 aromatic carbocycles. The van der Waals surface area contributed by atoms with Crippen LogP contribution in [-0.4, -0.2) is 46.0 Å². The summed E-state index contributed by atoms with van der Waals surface area (Å²) in [5.41, 5.74) is 0.470. The lowest BCUT2D eigenvalue weighted by atomic mass is 10.2. The number of sulfonamides is 1. The third-order valence-corrected chi connectivity index (χ3v) is 5.37. The molecular formula is C12H17NO6S2. The zero-order valence-corrected chi connectivity index (χ0v) is 13.2. The van der Waals surface area contributed by atoms with Gasteiger partial charge in [-0.3, -0.25) is 4.79 Å². The molecule has 0 aliphatic rings. The van der Waals surface area contributed by atoms with Crippen LogP contribution in [0.1, 0.15) is 12.0 Å². The van der Waals surface area contributed by atoms with Gasteiger partial charge >= 0.3 is 5.97 Å². The number of hydrogen-bond donors (Lipinski definition) is 2. The van der Waals surface area contributed by atoms with E-state index >= 15 is 0 Å². The number of rotatable bonds is 7. The van der Waals surface area contributed by atoms with Crippen LogP contribution < -0.4 is 4.72 Å². The van der Waals surface area contributed by atoms with Gasteiger partial charge in [0.25, 0.3) is 0 Å². The predicted molar refractivity (Wildman–Crippen MR) is 77.3 cm³/mol. The van der Waals surface area contributed by atoms with Crippen molar-refractivity contribution in [3.05, 3.63) is 29.8 Å². The summed E-state index contributed by atoms with van der Waals surface area (Å²) in [6, 6.07) is 4.62. The molecule has 0 saturated heterocycles. The molecule has 1 aromatic rings. The Kier molecular flexibility index (Phi) is 5.48. The van der Waals surface area contributed by atoms with Crippen LogP contribution in [0.5, 0.6) is 0 Å². The summed E-state index contributed by atoms with van der Waals surface area (Å²) in [7, 11) is -7.41. The third-order valence-electron chi connectivity index (χ3n) is 2.76. The fourth-order valence-electron chi connectivity index (χ4n) is 1.67. The van der Waals surface area contributed by atoms with Crippen molar-refractivity contribution in [2.24, 2.45) is 0 Å². The second kappa shape index (κ2) is 6.54. The molecule has 2 N–H and O–H groups in total. The van der Waals surface area contributed by atoms with Crippen molar-refractivity contribution in [2.45, 2.75) is 24.3 Å². The molecule has 1 atom stereocenters. The zero-order valence-electron chi connectivity index (χ0n) is 11.6. The standard InChI is InChI=1S/C12H17NO6S2/c1-9-5-3-4-6-11(9)21(18,19)13-10(12(14)15)7-8-20(2,16)17/h3-6,10,13H,7-8H2,1-2H3,(H,14,15). The van der Waals surface area contributed by atoms with Gasteiger partial charge < -0.3 is 5.11 Å². The van der Waals surface area contributed by atoms with E-state index < -0.39 is 37.6 Å². The summed E-state index contributed by atoms with van der Waals surface area (Å²) in [5.74, 6) is -1.84. The van der Waals surface area contributed by atoms with Crippen molar-refractivity contribution in [1.82, 2.24) is 4.72 Å². The van der Waals surface area contributed by atoms with Crippen molar-refractivity contribution in [1.29, 1.82) is 0 Å². The second-order valence-corrected chi connectivity index (χ2v) is 8.64. The van der Waals surface area contributed by atoms with E-state index in [1.165, 1.54) is 12.1 Å². The van der Waals surface area contributed by atoms with Gasteiger partial charge in [-0.25, -0.2) is 16.8 Å². The number of aliphatic carboxylic acids is 1. The number of nitrogens with one attached hydrogen (secondary N) is 1. The molecule has 1 unspecified atom stereocenters. The highest BCUT2D eigenvalue weighted by molar-refractivity contribution is 7.90. The first-order chi connectivity index (χ1) is 9.53. The summed E-state index contributed by atoms with van der Waals surface area (Å²) in [6.07, 6.45) is 0.626. The Bertz CT molecular complexity index is 724. The van der Waals surface area contributed by atoms with Crippen molar-refractivity contribution >= 4 is 25.8 Å². The fraction of sp³-hybridized carbons (Fsp3) is 0.417. The largest absolute Gasteiger partial charge is 0.480 e. The van der Waals surface area contributed by atoms with Gasteiger partial charge in [-0.1, -0.05) is 18.2 Å². The first kappa shape index (κ1) is 17.6. The van der Waals surface area contributed by atoms with Crippen LogP contribution >= 0.6 is 0 Å². The van der Waals surface area contributed by atoms with Crippen LogP contribution in [0.2, 0.25) is 0 Å². The van der Waals surface area contributed by atoms with Gasteiger partial charge in [-0.2, -0.15) is 4.72 Å². The molecule has 1 rings (SSSR count). The Hall–Kier alpha value is -1.45. The lowest BCUT2D eigenvalue weighted by Crippen LogP contribution is -2.42. The van der Waals surface area contributed by atoms with E-state index in [4.69, 9.17) is 5.11 Å². The molecule has 0 heterocycles. The summed E-state index contributed by atoms with van der Waals surface area (Å²) >= 11 is 0. The van der Waals surface area contributed by atoms with Crippen LogP contribution in [0, 0.1) is 6.92 Å². The highest BCUT2D eigenvalue weighted by Crippen LogP contribution is 2.15. The molecule has 0 aliphatic carbocycles. The monoisotopic (exact) mass is 335 g/mol. The molecule has 0 radical (unpaired) electrons. The SMILES string of the molecule is Cc1ccccc1S(=O)(=O)NC(CCS(C)(=O)=O)C(=O)O. The summed E-state index contributed by atoms with van der Waals surface area (Å²) in [4.78, 5) is 11.1. The maximum absolute atomic E-state index is 12.2. The number of benzene rings is 1. The molecule has 21 heavy (non-hydrogen) atoms. The van der Waals surface area contributed by atoms with E-state index in [1.807, 2.05) is 4.72 Å². The summed E-state index contributed by atoms with van der Waals surface area (Å²) in [5, 5.41) is 9.03. The Morgan fingerprint density at radius 3 is 2.29 bits per heavy atom. The Morgan fingerprint density at radius 2 is 1.81 bits per heavy atom. The van der Waals surface area contributed by atoms with Gasteiger partial charge in [-0.05, 0) is 25.0 Å². The molecule has 7 nitrogen and oxygen atoms in total. The number of carboxylic acids is 1. The van der Waals surface area contributed by atoms with E-state index in [1.54, 1.807) is 19.1 Å². The zero-order chi connectivity index (χ0) is 16.3. The van der Waals surface area contributed by atoms with Gasteiger partial charge in [0.15, 0.2) is 0 Å². The van der Waals surface area contributed by atoms with Crippen molar-refractivity contribution in [3.8, 4) is 0 Å². The van der Waals surface area contributed by atoms with E-state index in [-0.39, 0.29) is 11.3 Å². The number of carbonyl (C=O) groups is 1. The smallest absolute Gasteiger partial charge is 0.321 e. The molecule has 0 amide bonds. The average Bonchev–Trinajstić information content (AvgIpc) is 2.33. The Balaban J connectivity index is 2.98. The molecule has 0 aliphatic heterocycles. The minimum Gasteiger partial charge on any atom is -0.480 e. The first-order valence-corrected chi connectivity index (χ1v) is 9.56. The molecule has 0 spiro atoms. The van der Waals surface area contributed by atoms with Crippen LogP contribution in [0.25, 0.3) is 0 Å². The van der Waals surface area contributed by atoms with Crippen LogP contribution in [0.15, 0.2) is 29.2 Å². The van der Waals surface area contributed by atoms with Crippen molar-refractivity contribution in [3.63, 3.8) is 0 Å². The van der Waals surface area contributed by atoms with Gasteiger partial charge in [0.05, 0.1) is 10.6 Å². The van der Waals surface area contributed by atoms with Crippen LogP contribution in [-0.2, 0) is 24.7 Å². The molecular weight excluding hydrogens is 318 g/mol. The second-order valence-electron chi connectivity index (χ2n) is 4.70. The number of aryl methyl sites for hydroxylation is 1. The highest BCUT2D eigenvalue weighted by atomic mass is 32.2. The molecule has 0 saturated carbocycles. The maximum atomic E-state index is 12.2. The first-order valence-electron chi connectivity index (χ1n) is 6.01. The van der Waals surface area contributed by atoms with Gasteiger partial charge in [0.2, 0.25) is 10.0 Å². The van der Waals surface area contributed by atoms with E-state index in [2.05, 4.69) is 0 Å². The van der Waals surface area contributed by atoms with E-state index in [9.17, 15) is 21.6 Å². The summed E-state index contributed by atoms with van der Waals surface area (Å²) in [6.45, 7) is 1.58. The van der Waals surface area contributed by atoms with Crippen molar-refractivity contribution in [2.75, 3.05) is 12.0 Å². The molecule has 0 bridgehead atoms. The molecule has 0 fully saturated rings. The predicted octanol–water partition coefficient (Wildman–Crippen LogP) is 0.161. The molecule has 0 aromatic heterocycles. The maximum Gasteiger partial charge on any atom is 0.321 e. The number of carboxylic acid groups (broad SMARTS) is 1. The molecule has 118 valence electrons. The minimum atomic E-state index is -4.03. The Morgan fingerprint density at radius 1 is 1.24 bits per heavy atom. The van der Waals surface area contributed by atoms with Gasteiger partial charge in [-0.15, -0.1) is 0 Å². The lowest BCUT2D eigenvalue weighted by molar-refractivity contribution is -0.139. The number of sulfone groups is 1. The normalized spacial score (nSPS) is 13.8. The van der Waals surface area contributed by atoms with Gasteiger partial charge in [0, 0.05) is 6.26 Å². The lowest BCUT2D eigenvalue weighted by Gasteiger charge is -2.15. The van der Waals surface area contributed by atoms with E-state index in [0.29, 0.717) is 5.56 Å². The quantitative estimate of drug-likeness (QED) is 0.733. The average molecular weight is 335 g/mol. The topological polar surface area (TPSA) is 118 Å².